The van der Waals surface area contributed by atoms with Gasteiger partial charge >= 0.3 is 0 Å². The molecule has 1 aromatic heterocycles. The Labute approximate surface area is 258 Å². The van der Waals surface area contributed by atoms with Gasteiger partial charge in [0.25, 0.3) is 5.91 Å². The summed E-state index contributed by atoms with van der Waals surface area (Å²) in [5, 5.41) is 9.48. The van der Waals surface area contributed by atoms with E-state index in [9.17, 15) is 10.1 Å². The van der Waals surface area contributed by atoms with E-state index in [1.165, 1.54) is 12.3 Å². The van der Waals surface area contributed by atoms with Gasteiger partial charge in [0.05, 0.1) is 24.3 Å². The van der Waals surface area contributed by atoms with Gasteiger partial charge < -0.3 is 14.5 Å². The van der Waals surface area contributed by atoms with Crippen molar-refractivity contribution in [2.75, 3.05) is 31.6 Å². The number of pyridine rings is 1. The molecule has 1 fully saturated rings. The van der Waals surface area contributed by atoms with Crippen LogP contribution in [0.15, 0.2) is 102 Å². The van der Waals surface area contributed by atoms with Gasteiger partial charge in [-0.3, -0.25) is 9.69 Å². The highest BCUT2D eigenvalue weighted by molar-refractivity contribution is 6.25. The SMILES string of the molecule is C=CN=C1/C(=C(\C)N2CCN(C(=O)c3ccccc3OC)C(C)C2)C(c2ccccc2F)=CN1c1cc(C#N)ccn1.CC. The number of nitriles is 1. The third kappa shape index (κ3) is 6.25. The zero-order valence-electron chi connectivity index (χ0n) is 25.8. The number of aliphatic imine (C=N–C) groups is 1. The molecule has 0 saturated carbocycles. The number of hydrogen-bond donors (Lipinski definition) is 0. The number of allylic oxidation sites excluding steroid dienone is 1. The molecule has 44 heavy (non-hydrogen) atoms. The number of piperazine rings is 1. The molecule has 1 amide bonds. The summed E-state index contributed by atoms with van der Waals surface area (Å²) in [5.41, 5.74) is 3.62. The average Bonchev–Trinajstić information content (AvgIpc) is 3.44. The predicted octanol–water partition coefficient (Wildman–Crippen LogP) is 6.65. The third-order valence-electron chi connectivity index (χ3n) is 7.54. The molecule has 226 valence electrons. The van der Waals surface area contributed by atoms with Crippen LogP contribution < -0.4 is 9.64 Å². The highest BCUT2D eigenvalue weighted by atomic mass is 19.1. The molecule has 1 saturated heterocycles. The first-order chi connectivity index (χ1) is 21.4. The first-order valence-electron chi connectivity index (χ1n) is 14.6. The Bertz CT molecular complexity index is 1670. The number of hydrogen-bond acceptors (Lipinski definition) is 6. The highest BCUT2D eigenvalue weighted by Crippen LogP contribution is 2.39. The second-order valence-corrected chi connectivity index (χ2v) is 10.00. The maximum atomic E-state index is 15.2. The minimum absolute atomic E-state index is 0.0822. The van der Waals surface area contributed by atoms with E-state index in [0.717, 1.165) is 11.3 Å². The van der Waals surface area contributed by atoms with E-state index in [4.69, 9.17) is 4.74 Å². The Morgan fingerprint density at radius 3 is 2.57 bits per heavy atom. The summed E-state index contributed by atoms with van der Waals surface area (Å²) in [7, 11) is 1.56. The van der Waals surface area contributed by atoms with Crippen LogP contribution in [0.1, 0.15) is 49.2 Å². The van der Waals surface area contributed by atoms with Gasteiger partial charge in [-0.05, 0) is 44.2 Å². The average molecular weight is 593 g/mol. The molecule has 8 nitrogen and oxygen atoms in total. The van der Waals surface area contributed by atoms with Crippen molar-refractivity contribution < 1.29 is 13.9 Å². The number of anilines is 1. The van der Waals surface area contributed by atoms with Crippen molar-refractivity contribution >= 4 is 23.1 Å². The molecule has 0 aliphatic carbocycles. The van der Waals surface area contributed by atoms with Crippen LogP contribution in [-0.2, 0) is 0 Å². The van der Waals surface area contributed by atoms with E-state index in [0.29, 0.717) is 59.3 Å². The molecule has 3 heterocycles. The molecule has 1 atom stereocenters. The van der Waals surface area contributed by atoms with Gasteiger partial charge in [-0.1, -0.05) is 50.8 Å². The molecular weight excluding hydrogens is 555 g/mol. The number of aromatic nitrogens is 1. The Morgan fingerprint density at radius 1 is 1.16 bits per heavy atom. The number of rotatable bonds is 6. The molecule has 3 aromatic rings. The monoisotopic (exact) mass is 592 g/mol. The quantitative estimate of drug-likeness (QED) is 0.319. The van der Waals surface area contributed by atoms with Crippen LogP contribution in [0.2, 0.25) is 0 Å². The number of carbonyl (C=O) groups excluding carboxylic acids is 1. The molecule has 2 aromatic carbocycles. The number of para-hydroxylation sites is 1. The third-order valence-corrected chi connectivity index (χ3v) is 7.54. The largest absolute Gasteiger partial charge is 0.496 e. The van der Waals surface area contributed by atoms with E-state index in [2.05, 4.69) is 27.5 Å². The number of methoxy groups -OCH3 is 1. The van der Waals surface area contributed by atoms with Crippen LogP contribution in [0.3, 0.4) is 0 Å². The topological polar surface area (TPSA) is 85.1 Å². The summed E-state index contributed by atoms with van der Waals surface area (Å²) in [6, 6.07) is 19.1. The first kappa shape index (κ1) is 31.7. The van der Waals surface area contributed by atoms with Gasteiger partial charge in [0.2, 0.25) is 0 Å². The predicted molar refractivity (Wildman–Crippen MR) is 173 cm³/mol. The normalized spacial score (nSPS) is 18.2. The molecule has 0 N–H and O–H groups in total. The fraction of sp³-hybridized carbons (Fsp3) is 0.257. The Morgan fingerprint density at radius 2 is 1.89 bits per heavy atom. The fourth-order valence-corrected chi connectivity index (χ4v) is 5.44. The van der Waals surface area contributed by atoms with E-state index in [1.54, 1.807) is 66.9 Å². The van der Waals surface area contributed by atoms with Crippen molar-refractivity contribution in [1.29, 1.82) is 5.26 Å². The zero-order valence-corrected chi connectivity index (χ0v) is 25.8. The number of amides is 1. The van der Waals surface area contributed by atoms with Crippen molar-refractivity contribution in [3.63, 3.8) is 0 Å². The van der Waals surface area contributed by atoms with Crippen LogP contribution in [0.4, 0.5) is 10.2 Å². The summed E-state index contributed by atoms with van der Waals surface area (Å²) >= 11 is 0. The van der Waals surface area contributed by atoms with E-state index in [1.807, 2.05) is 44.7 Å². The summed E-state index contributed by atoms with van der Waals surface area (Å²) in [6.45, 7) is 13.4. The minimum atomic E-state index is -0.367. The Kier molecular flexibility index (Phi) is 10.3. The molecular formula is C35H37FN6O2. The van der Waals surface area contributed by atoms with Crippen molar-refractivity contribution in [2.45, 2.75) is 33.7 Å². The van der Waals surface area contributed by atoms with Crippen molar-refractivity contribution in [2.24, 2.45) is 4.99 Å². The summed E-state index contributed by atoms with van der Waals surface area (Å²) in [6.07, 6.45) is 4.80. The second-order valence-electron chi connectivity index (χ2n) is 10.00. The molecule has 2 aliphatic heterocycles. The van der Waals surface area contributed by atoms with Crippen LogP contribution in [0.5, 0.6) is 5.75 Å². The maximum Gasteiger partial charge on any atom is 0.257 e. The van der Waals surface area contributed by atoms with Crippen LogP contribution in [0, 0.1) is 17.1 Å². The van der Waals surface area contributed by atoms with Crippen LogP contribution in [-0.4, -0.2) is 59.3 Å². The molecule has 0 spiro atoms. The summed E-state index contributed by atoms with van der Waals surface area (Å²) < 4.78 is 20.7. The number of benzene rings is 2. The molecule has 1 unspecified atom stereocenters. The molecule has 9 heteroatoms. The first-order valence-corrected chi connectivity index (χ1v) is 14.6. The molecule has 0 bridgehead atoms. The van der Waals surface area contributed by atoms with Gasteiger partial charge in [-0.15, -0.1) is 0 Å². The molecule has 5 rings (SSSR count). The highest BCUT2D eigenvalue weighted by Gasteiger charge is 2.35. The van der Waals surface area contributed by atoms with Crippen molar-refractivity contribution in [3.05, 3.63) is 120 Å². The fourth-order valence-electron chi connectivity index (χ4n) is 5.44. The van der Waals surface area contributed by atoms with Crippen molar-refractivity contribution in [1.82, 2.24) is 14.8 Å². The lowest BCUT2D eigenvalue weighted by Gasteiger charge is -2.42. The zero-order chi connectivity index (χ0) is 31.8. The Hall–Kier alpha value is -5.23. The number of amidine groups is 1. The summed E-state index contributed by atoms with van der Waals surface area (Å²) in [5.74, 6) is 1.09. The number of halogens is 1. The standard InChI is InChI=1S/C33H31FN6O2.C2H6/c1-5-36-32-31(23(3)38-16-17-39(22(2)20-38)33(41)26-11-7-9-13-29(26)42-4)27(25-10-6-8-12-28(25)34)21-40(32)30-18-24(19-35)14-15-37-30;1-2/h5-15,18,21-22H,1,16-17,20H2,2-4H3;1-2H3/b31-23+,36-32?;. The smallest absolute Gasteiger partial charge is 0.257 e. The summed E-state index contributed by atoms with van der Waals surface area (Å²) in [4.78, 5) is 28.4. The van der Waals surface area contributed by atoms with Gasteiger partial charge in [-0.2, -0.15) is 5.26 Å². The maximum absolute atomic E-state index is 15.2. The second kappa shape index (κ2) is 14.3. The Balaban J connectivity index is 0.00000216. The van der Waals surface area contributed by atoms with Crippen LogP contribution in [0.25, 0.3) is 5.57 Å². The lowest BCUT2D eigenvalue weighted by atomic mass is 9.97. The lowest BCUT2D eigenvalue weighted by Crippen LogP contribution is -2.53. The number of nitrogens with zero attached hydrogens (tertiary/aromatic N) is 6. The number of carbonyl (C=O) groups is 1. The van der Waals surface area contributed by atoms with Gasteiger partial charge in [0.1, 0.15) is 23.2 Å². The van der Waals surface area contributed by atoms with Gasteiger partial charge in [-0.25, -0.2) is 14.4 Å². The van der Waals surface area contributed by atoms with Crippen LogP contribution >= 0.6 is 0 Å². The number of ether oxygens (including phenoxy) is 1. The lowest BCUT2D eigenvalue weighted by molar-refractivity contribution is 0.0539. The molecule has 0 radical (unpaired) electrons. The molecule has 2 aliphatic rings. The van der Waals surface area contributed by atoms with Crippen molar-refractivity contribution in [3.8, 4) is 11.8 Å². The van der Waals surface area contributed by atoms with E-state index in [-0.39, 0.29) is 17.8 Å². The van der Waals surface area contributed by atoms with Gasteiger partial charge in [0, 0.05) is 66.7 Å². The van der Waals surface area contributed by atoms with E-state index < -0.39 is 0 Å². The minimum Gasteiger partial charge on any atom is -0.496 e. The van der Waals surface area contributed by atoms with Gasteiger partial charge in [0.15, 0.2) is 0 Å². The van der Waals surface area contributed by atoms with E-state index >= 15 is 4.39 Å².